The molecule has 0 radical (unpaired) electrons. The first-order valence-electron chi connectivity index (χ1n) is 8.50. The molecule has 1 aromatic heterocycles. The number of nitrogens with zero attached hydrogens (tertiary/aromatic N) is 3. The third-order valence-electron chi connectivity index (χ3n) is 4.23. The van der Waals surface area contributed by atoms with Gasteiger partial charge in [0, 0.05) is 50.6 Å². The van der Waals surface area contributed by atoms with Gasteiger partial charge in [0.1, 0.15) is 12.4 Å². The second kappa shape index (κ2) is 8.13. The van der Waals surface area contributed by atoms with Gasteiger partial charge in [0.2, 0.25) is 5.91 Å². The lowest BCUT2D eigenvalue weighted by Crippen LogP contribution is -2.30. The Morgan fingerprint density at radius 1 is 1.36 bits per heavy atom. The number of aryl methyl sites for hydroxylation is 2. The third kappa shape index (κ3) is 4.80. The van der Waals surface area contributed by atoms with Gasteiger partial charge < -0.3 is 15.2 Å². The smallest absolute Gasteiger partial charge is 0.224 e. The molecule has 25 heavy (non-hydrogen) atoms. The highest BCUT2D eigenvalue weighted by molar-refractivity contribution is 5.93. The summed E-state index contributed by atoms with van der Waals surface area (Å²) in [6, 6.07) is 5.76. The number of hydrogen-bond acceptors (Lipinski definition) is 5. The maximum atomic E-state index is 11.4. The highest BCUT2D eigenvalue weighted by atomic mass is 16.5. The number of rotatable bonds is 8. The van der Waals surface area contributed by atoms with Crippen molar-refractivity contribution in [2.45, 2.75) is 19.4 Å². The maximum Gasteiger partial charge on any atom is 0.224 e. The maximum absolute atomic E-state index is 11.4. The van der Waals surface area contributed by atoms with Crippen molar-refractivity contribution < 1.29 is 14.6 Å². The van der Waals surface area contributed by atoms with Gasteiger partial charge in [-0.15, -0.1) is 0 Å². The summed E-state index contributed by atoms with van der Waals surface area (Å²) in [6.07, 6.45) is 5.08. The van der Waals surface area contributed by atoms with Crippen LogP contribution in [0.3, 0.4) is 0 Å². The lowest BCUT2D eigenvalue weighted by Gasteiger charge is -2.21. The molecular formula is C18H24N4O3. The molecule has 3 rings (SSSR count). The number of benzene rings is 1. The average Bonchev–Trinajstić information content (AvgIpc) is 3.00. The fourth-order valence-corrected chi connectivity index (χ4v) is 2.97. The number of fused-ring (bicyclic) bond motifs is 1. The number of nitrogens with one attached hydrogen (secondary N) is 1. The van der Waals surface area contributed by atoms with Crippen molar-refractivity contribution in [3.63, 3.8) is 0 Å². The minimum Gasteiger partial charge on any atom is -0.492 e. The first kappa shape index (κ1) is 17.4. The molecule has 7 heteroatoms. The van der Waals surface area contributed by atoms with Crippen LogP contribution in [-0.2, 0) is 24.8 Å². The van der Waals surface area contributed by atoms with Crippen molar-refractivity contribution in [1.29, 1.82) is 0 Å². The normalized spacial score (nSPS) is 13.6. The van der Waals surface area contributed by atoms with E-state index in [1.807, 2.05) is 37.6 Å². The van der Waals surface area contributed by atoms with Gasteiger partial charge in [-0.25, -0.2) is 0 Å². The summed E-state index contributed by atoms with van der Waals surface area (Å²) in [5.41, 5.74) is 3.10. The molecule has 0 fully saturated rings. The van der Waals surface area contributed by atoms with E-state index in [1.54, 1.807) is 4.68 Å². The summed E-state index contributed by atoms with van der Waals surface area (Å²) in [5, 5.41) is 16.3. The Kier molecular flexibility index (Phi) is 5.67. The molecular weight excluding hydrogens is 320 g/mol. The van der Waals surface area contributed by atoms with Crippen LogP contribution in [0.2, 0.25) is 0 Å². The van der Waals surface area contributed by atoms with Gasteiger partial charge in [0.05, 0.1) is 12.8 Å². The second-order valence-electron chi connectivity index (χ2n) is 6.24. The summed E-state index contributed by atoms with van der Waals surface area (Å²) in [6.45, 7) is 2.68. The Labute approximate surface area is 147 Å². The fourth-order valence-electron chi connectivity index (χ4n) is 2.97. The molecule has 2 heterocycles. The average molecular weight is 344 g/mol. The van der Waals surface area contributed by atoms with Crippen LogP contribution in [0.15, 0.2) is 30.6 Å². The van der Waals surface area contributed by atoms with E-state index in [9.17, 15) is 9.90 Å². The van der Waals surface area contributed by atoms with Gasteiger partial charge in [-0.3, -0.25) is 14.4 Å². The number of aromatic nitrogens is 2. The van der Waals surface area contributed by atoms with E-state index in [2.05, 4.69) is 15.3 Å². The van der Waals surface area contributed by atoms with Crippen molar-refractivity contribution in [1.82, 2.24) is 14.7 Å². The number of carbonyl (C=O) groups is 1. The lowest BCUT2D eigenvalue weighted by molar-refractivity contribution is -0.116. The molecule has 0 atom stereocenters. The predicted octanol–water partition coefficient (Wildman–Crippen LogP) is 1.18. The van der Waals surface area contributed by atoms with Crippen molar-refractivity contribution in [3.8, 4) is 5.75 Å². The van der Waals surface area contributed by atoms with Crippen LogP contribution in [-0.4, -0.2) is 52.0 Å². The van der Waals surface area contributed by atoms with Crippen LogP contribution in [0.4, 0.5) is 5.69 Å². The van der Waals surface area contributed by atoms with Crippen LogP contribution in [0.5, 0.6) is 5.75 Å². The number of carbonyl (C=O) groups excluding carboxylic acids is 1. The monoisotopic (exact) mass is 344 g/mol. The largest absolute Gasteiger partial charge is 0.492 e. The molecule has 0 unspecified atom stereocenters. The van der Waals surface area contributed by atoms with Crippen molar-refractivity contribution in [3.05, 3.63) is 41.7 Å². The van der Waals surface area contributed by atoms with Crippen LogP contribution < -0.4 is 10.1 Å². The molecule has 0 saturated carbocycles. The van der Waals surface area contributed by atoms with Crippen LogP contribution >= 0.6 is 0 Å². The first-order valence-corrected chi connectivity index (χ1v) is 8.50. The molecule has 7 nitrogen and oxygen atoms in total. The summed E-state index contributed by atoms with van der Waals surface area (Å²) < 4.78 is 7.63. The standard InChI is InChI=1S/C18H24N4O3/c1-21-12-14(11-19-21)13-22(6-8-23)7-9-25-16-3-4-17-15(10-16)2-5-18(24)20-17/h3-4,10-12,23H,2,5-9,13H2,1H3,(H,20,24). The quantitative estimate of drug-likeness (QED) is 0.752. The van der Waals surface area contributed by atoms with E-state index >= 15 is 0 Å². The summed E-state index contributed by atoms with van der Waals surface area (Å²) in [7, 11) is 1.89. The summed E-state index contributed by atoms with van der Waals surface area (Å²) in [4.78, 5) is 13.5. The van der Waals surface area contributed by atoms with E-state index in [4.69, 9.17) is 4.74 Å². The summed E-state index contributed by atoms with van der Waals surface area (Å²) >= 11 is 0. The van der Waals surface area contributed by atoms with Gasteiger partial charge in [-0.1, -0.05) is 0 Å². The van der Waals surface area contributed by atoms with Gasteiger partial charge in [-0.05, 0) is 30.2 Å². The Morgan fingerprint density at radius 3 is 3.00 bits per heavy atom. The Balaban J connectivity index is 1.52. The van der Waals surface area contributed by atoms with Gasteiger partial charge in [0.25, 0.3) is 0 Å². The topological polar surface area (TPSA) is 79.6 Å². The fraction of sp³-hybridized carbons (Fsp3) is 0.444. The molecule has 0 aliphatic carbocycles. The van der Waals surface area contributed by atoms with Gasteiger partial charge >= 0.3 is 0 Å². The van der Waals surface area contributed by atoms with Crippen LogP contribution in [0.1, 0.15) is 17.5 Å². The van der Waals surface area contributed by atoms with Crippen molar-refractivity contribution >= 4 is 11.6 Å². The third-order valence-corrected chi connectivity index (χ3v) is 4.23. The lowest BCUT2D eigenvalue weighted by atomic mass is 10.0. The van der Waals surface area contributed by atoms with Crippen molar-refractivity contribution in [2.24, 2.45) is 7.05 Å². The van der Waals surface area contributed by atoms with Crippen molar-refractivity contribution in [2.75, 3.05) is 31.6 Å². The molecule has 1 amide bonds. The zero-order valence-electron chi connectivity index (χ0n) is 14.4. The van der Waals surface area contributed by atoms with E-state index in [0.717, 1.165) is 35.5 Å². The molecule has 1 aliphatic rings. The zero-order valence-corrected chi connectivity index (χ0v) is 14.4. The minimum absolute atomic E-state index is 0.0659. The van der Waals surface area contributed by atoms with Gasteiger partial charge in [0.15, 0.2) is 0 Å². The van der Waals surface area contributed by atoms with E-state index < -0.39 is 0 Å². The molecule has 1 aromatic carbocycles. The number of anilines is 1. The number of aliphatic hydroxyl groups is 1. The molecule has 2 aromatic rings. The number of amides is 1. The SMILES string of the molecule is Cn1cc(CN(CCO)CCOc2ccc3c(c2)CCC(=O)N3)cn1. The highest BCUT2D eigenvalue weighted by Gasteiger charge is 2.15. The molecule has 0 bridgehead atoms. The van der Waals surface area contributed by atoms with E-state index in [0.29, 0.717) is 26.1 Å². The number of hydrogen-bond donors (Lipinski definition) is 2. The van der Waals surface area contributed by atoms with E-state index in [1.165, 1.54) is 0 Å². The first-order chi connectivity index (χ1) is 12.1. The molecule has 0 saturated heterocycles. The summed E-state index contributed by atoms with van der Waals surface area (Å²) in [5.74, 6) is 0.872. The molecule has 1 aliphatic heterocycles. The second-order valence-corrected chi connectivity index (χ2v) is 6.24. The van der Waals surface area contributed by atoms with Gasteiger partial charge in [-0.2, -0.15) is 5.10 Å². The highest BCUT2D eigenvalue weighted by Crippen LogP contribution is 2.26. The van der Waals surface area contributed by atoms with Crippen LogP contribution in [0.25, 0.3) is 0 Å². The Bertz CT molecular complexity index is 729. The molecule has 2 N–H and O–H groups in total. The molecule has 0 spiro atoms. The van der Waals surface area contributed by atoms with Crippen LogP contribution in [0, 0.1) is 0 Å². The van der Waals surface area contributed by atoms with E-state index in [-0.39, 0.29) is 12.5 Å². The zero-order chi connectivity index (χ0) is 17.6. The molecule has 134 valence electrons. The number of aliphatic hydroxyl groups excluding tert-OH is 1. The minimum atomic E-state index is 0.0659. The number of ether oxygens (including phenoxy) is 1. The predicted molar refractivity (Wildman–Crippen MR) is 94.5 cm³/mol. The Morgan fingerprint density at radius 2 is 2.24 bits per heavy atom. The Hall–Kier alpha value is -2.38.